The maximum Gasteiger partial charge on any atom is 0.229 e. The Morgan fingerprint density at radius 3 is 2.71 bits per heavy atom. The van der Waals surface area contributed by atoms with Crippen LogP contribution in [-0.4, -0.2) is 29.6 Å². The first-order chi connectivity index (χ1) is 7.92. The lowest BCUT2D eigenvalue weighted by Crippen LogP contribution is -2.44. The minimum atomic E-state index is -0.493. The topological polar surface area (TPSA) is 72.4 Å². The molecule has 1 heterocycles. The second-order valence-corrected chi connectivity index (χ2v) is 4.71. The Morgan fingerprint density at radius 2 is 2.29 bits per heavy atom. The van der Waals surface area contributed by atoms with Crippen LogP contribution in [0.1, 0.15) is 31.7 Å². The van der Waals surface area contributed by atoms with E-state index in [1.54, 1.807) is 11.9 Å². The summed E-state index contributed by atoms with van der Waals surface area (Å²) in [4.78, 5) is 13.9. The van der Waals surface area contributed by atoms with Gasteiger partial charge in [0, 0.05) is 19.7 Å². The number of aryl methyl sites for hydroxylation is 1. The third-order valence-corrected chi connectivity index (χ3v) is 3.17. The summed E-state index contributed by atoms with van der Waals surface area (Å²) in [5.41, 5.74) is 5.94. The normalized spacial score (nSPS) is 14.4. The van der Waals surface area contributed by atoms with Gasteiger partial charge < -0.3 is 15.2 Å². The number of carbonyl (C=O) groups is 1. The van der Waals surface area contributed by atoms with E-state index < -0.39 is 5.41 Å². The number of rotatable bonds is 5. The van der Waals surface area contributed by atoms with Gasteiger partial charge in [0.05, 0.1) is 12.0 Å². The van der Waals surface area contributed by atoms with Crippen LogP contribution in [0.5, 0.6) is 0 Å². The molecule has 96 valence electrons. The van der Waals surface area contributed by atoms with Gasteiger partial charge in [-0.15, -0.1) is 0 Å². The maximum absolute atomic E-state index is 12.2. The van der Waals surface area contributed by atoms with Gasteiger partial charge in [0.1, 0.15) is 11.5 Å². The largest absolute Gasteiger partial charge is 0.361 e. The third-order valence-electron chi connectivity index (χ3n) is 3.17. The lowest BCUT2D eigenvalue weighted by atomic mass is 9.86. The molecular weight excluding hydrogens is 218 g/mol. The summed E-state index contributed by atoms with van der Waals surface area (Å²) in [7, 11) is 1.76. The van der Waals surface area contributed by atoms with Crippen molar-refractivity contribution < 1.29 is 9.32 Å². The molecule has 0 saturated carbocycles. The van der Waals surface area contributed by atoms with E-state index in [1.807, 2.05) is 26.8 Å². The Labute approximate surface area is 102 Å². The maximum atomic E-state index is 12.2. The van der Waals surface area contributed by atoms with E-state index in [4.69, 9.17) is 10.3 Å². The highest BCUT2D eigenvalue weighted by Crippen LogP contribution is 2.22. The van der Waals surface area contributed by atoms with Gasteiger partial charge in [-0.05, 0) is 20.3 Å². The quantitative estimate of drug-likeness (QED) is 0.841. The molecule has 0 fully saturated rings. The van der Waals surface area contributed by atoms with Crippen LogP contribution in [0.2, 0.25) is 0 Å². The molecule has 1 aromatic rings. The highest BCUT2D eigenvalue weighted by Gasteiger charge is 2.32. The molecule has 1 unspecified atom stereocenters. The molecule has 0 saturated heterocycles. The summed E-state index contributed by atoms with van der Waals surface area (Å²) in [5, 5.41) is 3.87. The van der Waals surface area contributed by atoms with E-state index in [9.17, 15) is 4.79 Å². The molecule has 1 aromatic heterocycles. The second kappa shape index (κ2) is 5.31. The Balaban J connectivity index is 2.70. The molecule has 1 amide bonds. The Kier molecular flexibility index (Phi) is 4.28. The first-order valence-corrected chi connectivity index (χ1v) is 5.80. The van der Waals surface area contributed by atoms with Crippen molar-refractivity contribution in [1.82, 2.24) is 10.1 Å². The van der Waals surface area contributed by atoms with Gasteiger partial charge in [-0.2, -0.15) is 0 Å². The molecule has 1 atom stereocenters. The zero-order valence-corrected chi connectivity index (χ0v) is 11.0. The molecule has 0 aliphatic heterocycles. The number of hydrogen-bond acceptors (Lipinski definition) is 4. The van der Waals surface area contributed by atoms with Gasteiger partial charge in [0.15, 0.2) is 0 Å². The van der Waals surface area contributed by atoms with Crippen LogP contribution in [0.25, 0.3) is 0 Å². The van der Waals surface area contributed by atoms with Crippen molar-refractivity contribution in [3.63, 3.8) is 0 Å². The van der Waals surface area contributed by atoms with E-state index in [1.165, 1.54) is 0 Å². The summed E-state index contributed by atoms with van der Waals surface area (Å²) < 4.78 is 4.97. The highest BCUT2D eigenvalue weighted by atomic mass is 16.5. The standard InChI is InChI=1S/C12H21N3O2/c1-5-12(3,8-13)11(16)15(4)7-10-6-9(2)17-14-10/h6H,5,7-8,13H2,1-4H3. The average Bonchev–Trinajstić information content (AvgIpc) is 2.72. The fraction of sp³-hybridized carbons (Fsp3) is 0.667. The van der Waals surface area contributed by atoms with Gasteiger partial charge in [-0.3, -0.25) is 4.79 Å². The molecule has 17 heavy (non-hydrogen) atoms. The highest BCUT2D eigenvalue weighted by molar-refractivity contribution is 5.82. The van der Waals surface area contributed by atoms with Crippen molar-refractivity contribution in [3.8, 4) is 0 Å². The first-order valence-electron chi connectivity index (χ1n) is 5.80. The summed E-state index contributed by atoms with van der Waals surface area (Å²) in [6.45, 7) is 6.49. The molecule has 0 bridgehead atoms. The van der Waals surface area contributed by atoms with Crippen LogP contribution in [0, 0.1) is 12.3 Å². The molecule has 5 heteroatoms. The number of nitrogens with two attached hydrogens (primary N) is 1. The molecule has 0 aliphatic rings. The Morgan fingerprint density at radius 1 is 1.65 bits per heavy atom. The van der Waals surface area contributed by atoms with E-state index in [2.05, 4.69) is 5.16 Å². The van der Waals surface area contributed by atoms with Crippen LogP contribution >= 0.6 is 0 Å². The fourth-order valence-electron chi connectivity index (χ4n) is 1.65. The SMILES string of the molecule is CCC(C)(CN)C(=O)N(C)Cc1cc(C)on1. The fourth-order valence-corrected chi connectivity index (χ4v) is 1.65. The van der Waals surface area contributed by atoms with Crippen LogP contribution in [-0.2, 0) is 11.3 Å². The summed E-state index contributed by atoms with van der Waals surface area (Å²) in [6, 6.07) is 1.83. The molecule has 0 aliphatic carbocycles. The second-order valence-electron chi connectivity index (χ2n) is 4.71. The van der Waals surface area contributed by atoms with Gasteiger partial charge in [-0.25, -0.2) is 0 Å². The van der Waals surface area contributed by atoms with Gasteiger partial charge in [-0.1, -0.05) is 12.1 Å². The van der Waals surface area contributed by atoms with Gasteiger partial charge in [0.25, 0.3) is 0 Å². The number of amides is 1. The molecule has 5 nitrogen and oxygen atoms in total. The minimum Gasteiger partial charge on any atom is -0.361 e. The van der Waals surface area contributed by atoms with Crippen LogP contribution in [0.15, 0.2) is 10.6 Å². The summed E-state index contributed by atoms with van der Waals surface area (Å²) >= 11 is 0. The smallest absolute Gasteiger partial charge is 0.229 e. The Bertz CT molecular complexity index is 383. The zero-order chi connectivity index (χ0) is 13.1. The van der Waals surface area contributed by atoms with Crippen molar-refractivity contribution in [2.75, 3.05) is 13.6 Å². The summed E-state index contributed by atoms with van der Waals surface area (Å²) in [6.07, 6.45) is 0.727. The molecule has 0 radical (unpaired) electrons. The zero-order valence-electron chi connectivity index (χ0n) is 11.0. The monoisotopic (exact) mass is 239 g/mol. The molecule has 0 spiro atoms. The number of hydrogen-bond donors (Lipinski definition) is 1. The average molecular weight is 239 g/mol. The predicted molar refractivity (Wildman–Crippen MR) is 65.2 cm³/mol. The van der Waals surface area contributed by atoms with Crippen molar-refractivity contribution >= 4 is 5.91 Å². The van der Waals surface area contributed by atoms with E-state index in [-0.39, 0.29) is 5.91 Å². The predicted octanol–water partition coefficient (Wildman–Crippen LogP) is 1.32. The number of carbonyl (C=O) groups excluding carboxylic acids is 1. The number of nitrogens with zero attached hydrogens (tertiary/aromatic N) is 2. The van der Waals surface area contributed by atoms with Crippen molar-refractivity contribution in [3.05, 3.63) is 17.5 Å². The van der Waals surface area contributed by atoms with Crippen molar-refractivity contribution in [2.45, 2.75) is 33.7 Å². The molecular formula is C12H21N3O2. The van der Waals surface area contributed by atoms with Crippen LogP contribution < -0.4 is 5.73 Å². The van der Waals surface area contributed by atoms with Crippen LogP contribution in [0.4, 0.5) is 0 Å². The Hall–Kier alpha value is -1.36. The lowest BCUT2D eigenvalue weighted by Gasteiger charge is -2.30. The van der Waals surface area contributed by atoms with Crippen molar-refractivity contribution in [2.24, 2.45) is 11.1 Å². The van der Waals surface area contributed by atoms with Crippen LogP contribution in [0.3, 0.4) is 0 Å². The van der Waals surface area contributed by atoms with Gasteiger partial charge in [0.2, 0.25) is 5.91 Å². The molecule has 0 aromatic carbocycles. The first kappa shape index (κ1) is 13.7. The van der Waals surface area contributed by atoms with E-state index in [0.29, 0.717) is 13.1 Å². The lowest BCUT2D eigenvalue weighted by molar-refractivity contribution is -0.140. The minimum absolute atomic E-state index is 0.0446. The van der Waals surface area contributed by atoms with Crippen molar-refractivity contribution in [1.29, 1.82) is 0 Å². The molecule has 2 N–H and O–H groups in total. The summed E-state index contributed by atoms with van der Waals surface area (Å²) in [5.74, 6) is 0.793. The van der Waals surface area contributed by atoms with Gasteiger partial charge >= 0.3 is 0 Å². The van der Waals surface area contributed by atoms with E-state index in [0.717, 1.165) is 17.9 Å². The number of aromatic nitrogens is 1. The van der Waals surface area contributed by atoms with E-state index >= 15 is 0 Å². The molecule has 1 rings (SSSR count). The third kappa shape index (κ3) is 3.06.